The Kier molecular flexibility index (Phi) is 3.93. The Bertz CT molecular complexity index is 523. The van der Waals surface area contributed by atoms with Crippen molar-refractivity contribution in [3.63, 3.8) is 0 Å². The molecule has 0 N–H and O–H groups in total. The number of aryl methyl sites for hydroxylation is 1. The molecule has 1 nitrogen and oxygen atoms in total. The molecule has 17 heavy (non-hydrogen) atoms. The Hall–Kier alpha value is -1.18. The molecule has 2 aromatic rings. The third-order valence-electron chi connectivity index (χ3n) is 2.52. The van der Waals surface area contributed by atoms with Gasteiger partial charge in [0.1, 0.15) is 11.5 Å². The predicted octanol–water partition coefficient (Wildman–Crippen LogP) is 5.18. The van der Waals surface area contributed by atoms with Crippen LogP contribution in [0.3, 0.4) is 0 Å². The lowest BCUT2D eigenvalue weighted by Crippen LogP contribution is -1.92. The van der Waals surface area contributed by atoms with Crippen LogP contribution in [-0.2, 0) is 5.88 Å². The highest BCUT2D eigenvalue weighted by Crippen LogP contribution is 2.32. The first-order valence-corrected chi connectivity index (χ1v) is 6.20. The highest BCUT2D eigenvalue weighted by atomic mass is 35.5. The van der Waals surface area contributed by atoms with E-state index in [9.17, 15) is 0 Å². The number of rotatable bonds is 3. The number of para-hydroxylation sites is 1. The van der Waals surface area contributed by atoms with Crippen molar-refractivity contribution in [2.75, 3.05) is 0 Å². The van der Waals surface area contributed by atoms with Crippen LogP contribution >= 0.6 is 23.2 Å². The smallest absolute Gasteiger partial charge is 0.133 e. The Morgan fingerprint density at radius 2 is 1.71 bits per heavy atom. The van der Waals surface area contributed by atoms with Gasteiger partial charge in [-0.05, 0) is 30.7 Å². The summed E-state index contributed by atoms with van der Waals surface area (Å²) in [7, 11) is 0. The van der Waals surface area contributed by atoms with E-state index in [1.54, 1.807) is 0 Å². The van der Waals surface area contributed by atoms with E-state index in [0.29, 0.717) is 16.7 Å². The van der Waals surface area contributed by atoms with E-state index in [4.69, 9.17) is 27.9 Å². The lowest BCUT2D eigenvalue weighted by molar-refractivity contribution is 0.475. The molecule has 0 aliphatic carbocycles. The zero-order valence-electron chi connectivity index (χ0n) is 9.41. The van der Waals surface area contributed by atoms with Crippen LogP contribution in [0.15, 0.2) is 42.5 Å². The number of hydrogen-bond acceptors (Lipinski definition) is 1. The Morgan fingerprint density at radius 1 is 1.00 bits per heavy atom. The van der Waals surface area contributed by atoms with Crippen molar-refractivity contribution in [1.82, 2.24) is 0 Å². The first-order valence-electron chi connectivity index (χ1n) is 5.29. The Morgan fingerprint density at radius 3 is 2.41 bits per heavy atom. The van der Waals surface area contributed by atoms with E-state index in [2.05, 4.69) is 0 Å². The van der Waals surface area contributed by atoms with Crippen molar-refractivity contribution in [3.8, 4) is 11.5 Å². The fraction of sp³-hybridized carbons (Fsp3) is 0.143. The Labute approximate surface area is 111 Å². The maximum absolute atomic E-state index is 6.07. The molecular weight excluding hydrogens is 255 g/mol. The molecule has 0 heterocycles. The molecule has 2 aromatic carbocycles. The van der Waals surface area contributed by atoms with Crippen LogP contribution in [0.2, 0.25) is 5.02 Å². The first-order chi connectivity index (χ1) is 8.22. The van der Waals surface area contributed by atoms with Gasteiger partial charge in [0, 0.05) is 10.6 Å². The van der Waals surface area contributed by atoms with Gasteiger partial charge in [-0.15, -0.1) is 11.6 Å². The number of alkyl halides is 1. The average Bonchev–Trinajstić information content (AvgIpc) is 2.32. The molecule has 88 valence electrons. The van der Waals surface area contributed by atoms with E-state index in [-0.39, 0.29) is 0 Å². The molecule has 3 heteroatoms. The summed E-state index contributed by atoms with van der Waals surface area (Å²) >= 11 is 12.0. The average molecular weight is 267 g/mol. The topological polar surface area (TPSA) is 9.23 Å². The highest BCUT2D eigenvalue weighted by Gasteiger charge is 2.08. The minimum atomic E-state index is 0.334. The van der Waals surface area contributed by atoms with Crippen LogP contribution in [0.4, 0.5) is 0 Å². The third kappa shape index (κ3) is 2.74. The second kappa shape index (κ2) is 5.44. The first kappa shape index (κ1) is 12.3. The second-order valence-electron chi connectivity index (χ2n) is 3.72. The van der Waals surface area contributed by atoms with Crippen molar-refractivity contribution >= 4 is 23.2 Å². The quantitative estimate of drug-likeness (QED) is 0.696. The monoisotopic (exact) mass is 266 g/mol. The lowest BCUT2D eigenvalue weighted by atomic mass is 10.2. The number of benzene rings is 2. The summed E-state index contributed by atoms with van der Waals surface area (Å²) in [4.78, 5) is 0. The largest absolute Gasteiger partial charge is 0.457 e. The van der Waals surface area contributed by atoms with Crippen LogP contribution in [0.25, 0.3) is 0 Å². The van der Waals surface area contributed by atoms with Crippen molar-refractivity contribution in [1.29, 1.82) is 0 Å². The fourth-order valence-electron chi connectivity index (χ4n) is 1.55. The second-order valence-corrected chi connectivity index (χ2v) is 4.39. The fourth-order valence-corrected chi connectivity index (χ4v) is 2.13. The SMILES string of the molecule is Cc1ccccc1Oc1cccc(Cl)c1CCl. The maximum atomic E-state index is 6.07. The summed E-state index contributed by atoms with van der Waals surface area (Å²) in [5.74, 6) is 1.86. The van der Waals surface area contributed by atoms with Gasteiger partial charge in [0.15, 0.2) is 0 Å². The molecular formula is C14H12Cl2O. The molecule has 0 atom stereocenters. The lowest BCUT2D eigenvalue weighted by Gasteiger charge is -2.12. The number of halogens is 2. The number of ether oxygens (including phenoxy) is 1. The summed E-state index contributed by atoms with van der Waals surface area (Å²) in [5.41, 5.74) is 1.90. The molecule has 0 aromatic heterocycles. The summed E-state index contributed by atoms with van der Waals surface area (Å²) in [5, 5.41) is 0.631. The van der Waals surface area contributed by atoms with Crippen LogP contribution < -0.4 is 4.74 Å². The van der Waals surface area contributed by atoms with E-state index < -0.39 is 0 Å². The summed E-state index contributed by atoms with van der Waals surface area (Å²) in [6.45, 7) is 2.00. The predicted molar refractivity (Wildman–Crippen MR) is 72.3 cm³/mol. The van der Waals surface area contributed by atoms with Gasteiger partial charge < -0.3 is 4.74 Å². The molecule has 0 saturated carbocycles. The van der Waals surface area contributed by atoms with Gasteiger partial charge in [-0.25, -0.2) is 0 Å². The molecule has 0 fully saturated rings. The molecule has 0 bridgehead atoms. The van der Waals surface area contributed by atoms with Crippen LogP contribution in [-0.4, -0.2) is 0 Å². The molecule has 0 spiro atoms. The van der Waals surface area contributed by atoms with Gasteiger partial charge in [0.2, 0.25) is 0 Å². The Balaban J connectivity index is 2.37. The minimum absolute atomic E-state index is 0.334. The third-order valence-corrected chi connectivity index (χ3v) is 3.14. The van der Waals surface area contributed by atoms with Gasteiger partial charge in [-0.3, -0.25) is 0 Å². The van der Waals surface area contributed by atoms with Gasteiger partial charge in [0.05, 0.1) is 5.88 Å². The molecule has 0 unspecified atom stereocenters. The van der Waals surface area contributed by atoms with E-state index in [1.165, 1.54) is 0 Å². The highest BCUT2D eigenvalue weighted by molar-refractivity contribution is 6.32. The zero-order valence-corrected chi connectivity index (χ0v) is 10.9. The summed E-state index contributed by atoms with van der Waals surface area (Å²) in [6.07, 6.45) is 0. The molecule has 0 radical (unpaired) electrons. The van der Waals surface area contributed by atoms with Gasteiger partial charge >= 0.3 is 0 Å². The summed E-state index contributed by atoms with van der Waals surface area (Å²) < 4.78 is 5.84. The summed E-state index contributed by atoms with van der Waals surface area (Å²) in [6, 6.07) is 13.4. The normalized spacial score (nSPS) is 10.3. The molecule has 0 saturated heterocycles. The molecule has 0 aliphatic heterocycles. The van der Waals surface area contributed by atoms with E-state index >= 15 is 0 Å². The molecule has 2 rings (SSSR count). The van der Waals surface area contributed by atoms with Crippen molar-refractivity contribution < 1.29 is 4.74 Å². The van der Waals surface area contributed by atoms with Crippen LogP contribution in [0, 0.1) is 6.92 Å². The van der Waals surface area contributed by atoms with Crippen molar-refractivity contribution in [2.24, 2.45) is 0 Å². The van der Waals surface area contributed by atoms with E-state index in [1.807, 2.05) is 49.4 Å². The van der Waals surface area contributed by atoms with Gasteiger partial charge in [-0.2, -0.15) is 0 Å². The van der Waals surface area contributed by atoms with Crippen molar-refractivity contribution in [2.45, 2.75) is 12.8 Å². The van der Waals surface area contributed by atoms with E-state index in [0.717, 1.165) is 16.9 Å². The number of hydrogen-bond donors (Lipinski definition) is 0. The van der Waals surface area contributed by atoms with Gasteiger partial charge in [-0.1, -0.05) is 35.9 Å². The van der Waals surface area contributed by atoms with Crippen LogP contribution in [0.5, 0.6) is 11.5 Å². The maximum Gasteiger partial charge on any atom is 0.133 e. The molecule has 0 aliphatic rings. The standard InChI is InChI=1S/C14H12Cl2O/c1-10-5-2-3-7-13(10)17-14-8-4-6-12(16)11(14)9-15/h2-8H,9H2,1H3. The van der Waals surface area contributed by atoms with Crippen molar-refractivity contribution in [3.05, 3.63) is 58.6 Å². The zero-order chi connectivity index (χ0) is 12.3. The minimum Gasteiger partial charge on any atom is -0.457 e. The van der Waals surface area contributed by atoms with Crippen LogP contribution in [0.1, 0.15) is 11.1 Å². The van der Waals surface area contributed by atoms with Gasteiger partial charge in [0.25, 0.3) is 0 Å². The molecule has 0 amide bonds.